The van der Waals surface area contributed by atoms with E-state index >= 15 is 0 Å². The van der Waals surface area contributed by atoms with Gasteiger partial charge in [-0.15, -0.1) is 0 Å². The number of para-hydroxylation sites is 1. The standard InChI is InChI=1S/C17H16ClN3O2/c18-14-5-1-2-6-15(14)21-9-7-13(17(21)23)16(22)20-11-12-4-3-8-19-10-12/h1-6,8,10,13H,7,9,11H2,(H,20,22)/t13-/m0/s1. The zero-order chi connectivity index (χ0) is 16.2. The number of benzene rings is 1. The Hall–Kier alpha value is -2.40. The Morgan fingerprint density at radius 3 is 2.87 bits per heavy atom. The lowest BCUT2D eigenvalue weighted by Crippen LogP contribution is -2.36. The van der Waals surface area contributed by atoms with Gasteiger partial charge in [-0.25, -0.2) is 0 Å². The molecule has 1 N–H and O–H groups in total. The molecule has 0 unspecified atom stereocenters. The van der Waals surface area contributed by atoms with Crippen molar-refractivity contribution in [3.63, 3.8) is 0 Å². The molecular formula is C17H16ClN3O2. The van der Waals surface area contributed by atoms with Crippen LogP contribution in [0.5, 0.6) is 0 Å². The highest BCUT2D eigenvalue weighted by Gasteiger charge is 2.38. The van der Waals surface area contributed by atoms with Crippen LogP contribution in [0.3, 0.4) is 0 Å². The molecule has 3 rings (SSSR count). The number of nitrogens with zero attached hydrogens (tertiary/aromatic N) is 2. The van der Waals surface area contributed by atoms with E-state index in [0.717, 1.165) is 5.56 Å². The summed E-state index contributed by atoms with van der Waals surface area (Å²) in [5, 5.41) is 3.31. The molecule has 1 saturated heterocycles. The van der Waals surface area contributed by atoms with E-state index in [9.17, 15) is 9.59 Å². The van der Waals surface area contributed by atoms with Gasteiger partial charge in [0.2, 0.25) is 11.8 Å². The van der Waals surface area contributed by atoms with Gasteiger partial charge >= 0.3 is 0 Å². The van der Waals surface area contributed by atoms with Gasteiger partial charge in [0.1, 0.15) is 5.92 Å². The summed E-state index contributed by atoms with van der Waals surface area (Å²) in [5.74, 6) is -1.13. The van der Waals surface area contributed by atoms with Crippen LogP contribution < -0.4 is 10.2 Å². The van der Waals surface area contributed by atoms with Crippen LogP contribution in [0.4, 0.5) is 5.69 Å². The normalized spacial score (nSPS) is 17.3. The molecule has 1 aromatic carbocycles. The third kappa shape index (κ3) is 3.35. The number of halogens is 1. The highest BCUT2D eigenvalue weighted by Crippen LogP contribution is 2.31. The molecule has 0 spiro atoms. The lowest BCUT2D eigenvalue weighted by molar-refractivity contribution is -0.132. The molecule has 2 heterocycles. The number of carbonyl (C=O) groups is 2. The summed E-state index contributed by atoms with van der Waals surface area (Å²) in [6, 6.07) is 10.8. The van der Waals surface area contributed by atoms with Crippen molar-refractivity contribution in [1.29, 1.82) is 0 Å². The summed E-state index contributed by atoms with van der Waals surface area (Å²) in [7, 11) is 0. The van der Waals surface area contributed by atoms with Crippen molar-refractivity contribution in [2.45, 2.75) is 13.0 Å². The molecule has 1 aliphatic rings. The molecule has 0 saturated carbocycles. The Morgan fingerprint density at radius 2 is 2.13 bits per heavy atom. The van der Waals surface area contributed by atoms with Crippen molar-refractivity contribution >= 4 is 29.1 Å². The molecule has 1 aliphatic heterocycles. The second-order valence-electron chi connectivity index (χ2n) is 5.36. The molecule has 0 radical (unpaired) electrons. The van der Waals surface area contributed by atoms with Gasteiger partial charge in [0.05, 0.1) is 10.7 Å². The van der Waals surface area contributed by atoms with E-state index in [-0.39, 0.29) is 11.8 Å². The fraction of sp³-hybridized carbons (Fsp3) is 0.235. The number of amides is 2. The highest BCUT2D eigenvalue weighted by molar-refractivity contribution is 6.34. The highest BCUT2D eigenvalue weighted by atomic mass is 35.5. The van der Waals surface area contributed by atoms with Crippen LogP contribution in [0.15, 0.2) is 48.8 Å². The molecule has 6 heteroatoms. The van der Waals surface area contributed by atoms with Crippen molar-refractivity contribution in [1.82, 2.24) is 10.3 Å². The quantitative estimate of drug-likeness (QED) is 0.876. The fourth-order valence-electron chi connectivity index (χ4n) is 2.65. The lowest BCUT2D eigenvalue weighted by Gasteiger charge is -2.18. The van der Waals surface area contributed by atoms with Gasteiger partial charge in [-0.2, -0.15) is 0 Å². The Kier molecular flexibility index (Phi) is 4.57. The van der Waals surface area contributed by atoms with E-state index < -0.39 is 5.92 Å². The number of nitrogens with one attached hydrogen (secondary N) is 1. The predicted molar refractivity (Wildman–Crippen MR) is 88.0 cm³/mol. The zero-order valence-electron chi connectivity index (χ0n) is 12.4. The lowest BCUT2D eigenvalue weighted by atomic mass is 10.1. The minimum Gasteiger partial charge on any atom is -0.351 e. The average molecular weight is 330 g/mol. The topological polar surface area (TPSA) is 62.3 Å². The molecule has 0 bridgehead atoms. The average Bonchev–Trinajstić information content (AvgIpc) is 2.95. The van der Waals surface area contributed by atoms with Crippen LogP contribution in [-0.4, -0.2) is 23.3 Å². The van der Waals surface area contributed by atoms with Crippen molar-refractivity contribution in [3.05, 3.63) is 59.4 Å². The Labute approximate surface area is 139 Å². The fourth-order valence-corrected chi connectivity index (χ4v) is 2.89. The monoisotopic (exact) mass is 329 g/mol. The summed E-state index contributed by atoms with van der Waals surface area (Å²) in [6.07, 6.45) is 3.85. The van der Waals surface area contributed by atoms with Crippen molar-refractivity contribution in [2.75, 3.05) is 11.4 Å². The molecule has 2 amide bonds. The van der Waals surface area contributed by atoms with E-state index in [0.29, 0.717) is 30.2 Å². The number of pyridine rings is 1. The third-order valence-corrected chi connectivity index (χ3v) is 4.17. The van der Waals surface area contributed by atoms with E-state index in [1.165, 1.54) is 0 Å². The number of hydrogen-bond donors (Lipinski definition) is 1. The number of anilines is 1. The van der Waals surface area contributed by atoms with E-state index in [4.69, 9.17) is 11.6 Å². The molecule has 118 valence electrons. The van der Waals surface area contributed by atoms with Crippen LogP contribution in [0, 0.1) is 5.92 Å². The van der Waals surface area contributed by atoms with Crippen molar-refractivity contribution in [3.8, 4) is 0 Å². The maximum Gasteiger partial charge on any atom is 0.239 e. The van der Waals surface area contributed by atoms with Crippen LogP contribution in [-0.2, 0) is 16.1 Å². The second kappa shape index (κ2) is 6.79. The van der Waals surface area contributed by atoms with Crippen molar-refractivity contribution < 1.29 is 9.59 Å². The largest absolute Gasteiger partial charge is 0.351 e. The zero-order valence-corrected chi connectivity index (χ0v) is 13.2. The van der Waals surface area contributed by atoms with Crippen molar-refractivity contribution in [2.24, 2.45) is 5.92 Å². The third-order valence-electron chi connectivity index (χ3n) is 3.85. The van der Waals surface area contributed by atoms with E-state index in [1.807, 2.05) is 18.2 Å². The van der Waals surface area contributed by atoms with Crippen LogP contribution in [0.2, 0.25) is 5.02 Å². The maximum atomic E-state index is 12.5. The molecule has 5 nitrogen and oxygen atoms in total. The van der Waals surface area contributed by atoms with Gasteiger partial charge in [0, 0.05) is 25.5 Å². The summed E-state index contributed by atoms with van der Waals surface area (Å²) >= 11 is 6.14. The summed E-state index contributed by atoms with van der Waals surface area (Å²) in [4.78, 5) is 30.4. The smallest absolute Gasteiger partial charge is 0.239 e. The number of carbonyl (C=O) groups excluding carboxylic acids is 2. The molecule has 1 atom stereocenters. The van der Waals surface area contributed by atoms with Crippen LogP contribution in [0.25, 0.3) is 0 Å². The number of hydrogen-bond acceptors (Lipinski definition) is 3. The molecule has 23 heavy (non-hydrogen) atoms. The number of aromatic nitrogens is 1. The minimum absolute atomic E-state index is 0.207. The summed E-state index contributed by atoms with van der Waals surface area (Å²) in [6.45, 7) is 0.857. The molecule has 1 fully saturated rings. The molecule has 0 aliphatic carbocycles. The molecule has 1 aromatic heterocycles. The number of rotatable bonds is 4. The second-order valence-corrected chi connectivity index (χ2v) is 5.77. The Bertz CT molecular complexity index is 721. The van der Waals surface area contributed by atoms with Gasteiger partial charge in [0.15, 0.2) is 0 Å². The first-order valence-corrected chi connectivity index (χ1v) is 7.77. The van der Waals surface area contributed by atoms with Crippen LogP contribution >= 0.6 is 11.6 Å². The Morgan fingerprint density at radius 1 is 1.30 bits per heavy atom. The predicted octanol–water partition coefficient (Wildman–Crippen LogP) is 2.40. The minimum atomic E-state index is -0.664. The summed E-state index contributed by atoms with van der Waals surface area (Å²) < 4.78 is 0. The van der Waals surface area contributed by atoms with E-state index in [2.05, 4.69) is 10.3 Å². The van der Waals surface area contributed by atoms with Crippen LogP contribution in [0.1, 0.15) is 12.0 Å². The van der Waals surface area contributed by atoms with Gasteiger partial charge in [-0.1, -0.05) is 29.8 Å². The van der Waals surface area contributed by atoms with Gasteiger partial charge in [-0.3, -0.25) is 14.6 Å². The first kappa shape index (κ1) is 15.5. The molecular weight excluding hydrogens is 314 g/mol. The SMILES string of the molecule is O=C(NCc1cccnc1)[C@@H]1CCN(c2ccccc2Cl)C1=O. The first-order valence-electron chi connectivity index (χ1n) is 7.39. The van der Waals surface area contributed by atoms with Gasteiger partial charge in [0.25, 0.3) is 0 Å². The van der Waals surface area contributed by atoms with E-state index in [1.54, 1.807) is 35.5 Å². The molecule has 2 aromatic rings. The first-order chi connectivity index (χ1) is 11.2. The van der Waals surface area contributed by atoms with Gasteiger partial charge in [-0.05, 0) is 30.2 Å². The summed E-state index contributed by atoms with van der Waals surface area (Å²) in [5.41, 5.74) is 1.55. The van der Waals surface area contributed by atoms with Gasteiger partial charge < -0.3 is 10.2 Å². The Balaban J connectivity index is 1.65. The maximum absolute atomic E-state index is 12.5.